The van der Waals surface area contributed by atoms with E-state index >= 15 is 0 Å². The average Bonchev–Trinajstić information content (AvgIpc) is 1.99. The molecular formula is C10H14ClNO2S. The van der Waals surface area contributed by atoms with Gasteiger partial charge >= 0.3 is 0 Å². The van der Waals surface area contributed by atoms with Gasteiger partial charge in [-0.15, -0.1) is 0 Å². The van der Waals surface area contributed by atoms with Gasteiger partial charge in [0.25, 0.3) is 9.05 Å². The zero-order chi connectivity index (χ0) is 11.6. The van der Waals surface area contributed by atoms with Crippen molar-refractivity contribution in [2.24, 2.45) is 0 Å². The van der Waals surface area contributed by atoms with Gasteiger partial charge in [-0.2, -0.15) is 0 Å². The maximum atomic E-state index is 11.3. The second kappa shape index (κ2) is 4.51. The van der Waals surface area contributed by atoms with Crippen molar-refractivity contribution < 1.29 is 8.42 Å². The Morgan fingerprint density at radius 1 is 1.33 bits per heavy atom. The summed E-state index contributed by atoms with van der Waals surface area (Å²) in [4.78, 5) is 2.10. The minimum atomic E-state index is -3.65. The van der Waals surface area contributed by atoms with E-state index in [1.165, 1.54) is 0 Å². The lowest BCUT2D eigenvalue weighted by Crippen LogP contribution is -2.13. The number of aryl methyl sites for hydroxylation is 1. The molecule has 0 aromatic heterocycles. The van der Waals surface area contributed by atoms with Gasteiger partial charge in [-0.25, -0.2) is 8.42 Å². The lowest BCUT2D eigenvalue weighted by atomic mass is 10.1. The summed E-state index contributed by atoms with van der Waals surface area (Å²) in [5.74, 6) is 0. The molecule has 0 fully saturated rings. The first-order valence-corrected chi connectivity index (χ1v) is 6.80. The summed E-state index contributed by atoms with van der Waals surface area (Å²) in [6.07, 6.45) is 0. The fraction of sp³-hybridized carbons (Fsp3) is 0.400. The van der Waals surface area contributed by atoms with Gasteiger partial charge < -0.3 is 4.90 Å². The standard InChI is InChI=1S/C10H14ClNO2S/c1-8-4-5-10(15(11,13)14)9(6-8)7-12(2)3/h4-6H,7H2,1-3H3. The van der Waals surface area contributed by atoms with Crippen LogP contribution < -0.4 is 0 Å². The largest absolute Gasteiger partial charge is 0.305 e. The van der Waals surface area contributed by atoms with Gasteiger partial charge in [0, 0.05) is 17.2 Å². The van der Waals surface area contributed by atoms with Crippen LogP contribution in [0.5, 0.6) is 0 Å². The highest BCUT2D eigenvalue weighted by Gasteiger charge is 2.15. The number of nitrogens with zero attached hydrogens (tertiary/aromatic N) is 1. The Morgan fingerprint density at radius 2 is 1.93 bits per heavy atom. The number of hydrogen-bond acceptors (Lipinski definition) is 3. The van der Waals surface area contributed by atoms with Gasteiger partial charge in [0.15, 0.2) is 0 Å². The van der Waals surface area contributed by atoms with Crippen LogP contribution in [0.1, 0.15) is 11.1 Å². The van der Waals surface area contributed by atoms with Crippen molar-refractivity contribution in [3.8, 4) is 0 Å². The molecule has 0 atom stereocenters. The van der Waals surface area contributed by atoms with Gasteiger partial charge in [0.2, 0.25) is 0 Å². The van der Waals surface area contributed by atoms with Crippen LogP contribution in [-0.2, 0) is 15.6 Å². The Hall–Kier alpha value is -0.580. The Bertz CT molecular complexity index is 454. The van der Waals surface area contributed by atoms with E-state index in [0.717, 1.165) is 11.1 Å². The normalized spacial score (nSPS) is 12.1. The maximum absolute atomic E-state index is 11.3. The molecule has 0 aliphatic rings. The van der Waals surface area contributed by atoms with Crippen molar-refractivity contribution in [2.45, 2.75) is 18.4 Å². The fourth-order valence-corrected chi connectivity index (χ4v) is 2.53. The second-order valence-electron chi connectivity index (χ2n) is 3.79. The number of benzene rings is 1. The summed E-state index contributed by atoms with van der Waals surface area (Å²) >= 11 is 0. The molecule has 1 aromatic rings. The monoisotopic (exact) mass is 247 g/mol. The van der Waals surface area contributed by atoms with Gasteiger partial charge in [-0.05, 0) is 32.6 Å². The molecule has 3 nitrogen and oxygen atoms in total. The smallest absolute Gasteiger partial charge is 0.261 e. The minimum absolute atomic E-state index is 0.198. The van der Waals surface area contributed by atoms with Crippen molar-refractivity contribution in [3.63, 3.8) is 0 Å². The van der Waals surface area contributed by atoms with Crippen molar-refractivity contribution in [1.82, 2.24) is 4.90 Å². The van der Waals surface area contributed by atoms with Crippen molar-refractivity contribution in [2.75, 3.05) is 14.1 Å². The second-order valence-corrected chi connectivity index (χ2v) is 6.32. The van der Waals surface area contributed by atoms with E-state index in [4.69, 9.17) is 10.7 Å². The molecule has 15 heavy (non-hydrogen) atoms. The summed E-state index contributed by atoms with van der Waals surface area (Å²) in [6, 6.07) is 5.14. The fourth-order valence-electron chi connectivity index (χ4n) is 1.41. The zero-order valence-electron chi connectivity index (χ0n) is 8.99. The molecule has 0 unspecified atom stereocenters. The van der Waals surface area contributed by atoms with Crippen molar-refractivity contribution >= 4 is 19.7 Å². The first-order valence-electron chi connectivity index (χ1n) is 4.49. The molecule has 0 aliphatic heterocycles. The van der Waals surface area contributed by atoms with Gasteiger partial charge in [-0.1, -0.05) is 17.7 Å². The molecule has 0 radical (unpaired) electrons. The molecule has 0 N–H and O–H groups in total. The van der Waals surface area contributed by atoms with Crippen LogP contribution in [0.3, 0.4) is 0 Å². The Morgan fingerprint density at radius 3 is 2.40 bits per heavy atom. The predicted octanol–water partition coefficient (Wildman–Crippen LogP) is 1.98. The van der Waals surface area contributed by atoms with E-state index in [0.29, 0.717) is 6.54 Å². The predicted molar refractivity (Wildman–Crippen MR) is 61.6 cm³/mol. The highest BCUT2D eigenvalue weighted by molar-refractivity contribution is 8.13. The third-order valence-electron chi connectivity index (χ3n) is 1.97. The molecule has 0 spiro atoms. The number of halogens is 1. The number of hydrogen-bond donors (Lipinski definition) is 0. The molecule has 1 aromatic carbocycles. The summed E-state index contributed by atoms with van der Waals surface area (Å²) in [6.45, 7) is 2.48. The number of rotatable bonds is 3. The van der Waals surface area contributed by atoms with Crippen LogP contribution in [0.15, 0.2) is 23.1 Å². The van der Waals surface area contributed by atoms with Crippen LogP contribution in [0.4, 0.5) is 0 Å². The molecule has 0 saturated heterocycles. The Balaban J connectivity index is 3.27. The molecule has 1 rings (SSSR count). The quantitative estimate of drug-likeness (QED) is 0.767. The molecule has 0 bridgehead atoms. The first kappa shape index (κ1) is 12.5. The molecular weight excluding hydrogens is 234 g/mol. The lowest BCUT2D eigenvalue weighted by molar-refractivity contribution is 0.398. The molecule has 5 heteroatoms. The highest BCUT2D eigenvalue weighted by Crippen LogP contribution is 2.22. The van der Waals surface area contributed by atoms with Crippen LogP contribution in [0.2, 0.25) is 0 Å². The molecule has 0 heterocycles. The summed E-state index contributed by atoms with van der Waals surface area (Å²) in [5.41, 5.74) is 1.76. The van der Waals surface area contributed by atoms with Gasteiger partial charge in [-0.3, -0.25) is 0 Å². The Labute approximate surface area is 95.1 Å². The SMILES string of the molecule is Cc1ccc(S(=O)(=O)Cl)c(CN(C)C)c1. The first-order chi connectivity index (χ1) is 6.80. The molecule has 0 saturated carbocycles. The molecule has 0 amide bonds. The van der Waals surface area contributed by atoms with E-state index in [9.17, 15) is 8.42 Å². The third kappa shape index (κ3) is 3.48. The van der Waals surface area contributed by atoms with Crippen LogP contribution in [0.25, 0.3) is 0 Å². The average molecular weight is 248 g/mol. The summed E-state index contributed by atoms with van der Waals surface area (Å²) in [5, 5.41) is 0. The van der Waals surface area contributed by atoms with Crippen LogP contribution in [-0.4, -0.2) is 27.4 Å². The Kier molecular flexibility index (Phi) is 3.76. The van der Waals surface area contributed by atoms with Crippen LogP contribution >= 0.6 is 10.7 Å². The van der Waals surface area contributed by atoms with E-state index in [1.807, 2.05) is 32.0 Å². The van der Waals surface area contributed by atoms with Crippen molar-refractivity contribution in [1.29, 1.82) is 0 Å². The summed E-state index contributed by atoms with van der Waals surface area (Å²) < 4.78 is 22.6. The van der Waals surface area contributed by atoms with E-state index < -0.39 is 9.05 Å². The molecule has 84 valence electrons. The topological polar surface area (TPSA) is 37.4 Å². The van der Waals surface area contributed by atoms with Crippen LogP contribution in [0, 0.1) is 6.92 Å². The maximum Gasteiger partial charge on any atom is 0.261 e. The lowest BCUT2D eigenvalue weighted by Gasteiger charge is -2.13. The van der Waals surface area contributed by atoms with Gasteiger partial charge in [0.1, 0.15) is 0 Å². The summed E-state index contributed by atoms with van der Waals surface area (Å²) in [7, 11) is 5.47. The zero-order valence-corrected chi connectivity index (χ0v) is 10.6. The highest BCUT2D eigenvalue weighted by atomic mass is 35.7. The minimum Gasteiger partial charge on any atom is -0.305 e. The third-order valence-corrected chi connectivity index (χ3v) is 3.39. The van der Waals surface area contributed by atoms with E-state index in [-0.39, 0.29) is 4.90 Å². The van der Waals surface area contributed by atoms with E-state index in [1.54, 1.807) is 12.1 Å². The van der Waals surface area contributed by atoms with E-state index in [2.05, 4.69) is 0 Å². The van der Waals surface area contributed by atoms with Gasteiger partial charge in [0.05, 0.1) is 4.90 Å². The van der Waals surface area contributed by atoms with Crippen molar-refractivity contribution in [3.05, 3.63) is 29.3 Å². The molecule has 0 aliphatic carbocycles.